The van der Waals surface area contributed by atoms with Crippen molar-refractivity contribution >= 4 is 29.8 Å². The number of carbonyl (C=O) groups excluding carboxylic acids is 5. The van der Waals surface area contributed by atoms with E-state index in [2.05, 4.69) is 10.6 Å². The first-order valence-electron chi connectivity index (χ1n) is 25.1. The molecule has 0 aromatic heterocycles. The van der Waals surface area contributed by atoms with E-state index >= 15 is 0 Å². The molecule has 382 valence electrons. The van der Waals surface area contributed by atoms with E-state index < -0.39 is 69.9 Å². The fraction of sp³-hybridized carbons (Fsp3) is 0.827. The van der Waals surface area contributed by atoms with E-state index in [9.17, 15) is 24.0 Å². The zero-order valence-corrected chi connectivity index (χ0v) is 44.1. The van der Waals surface area contributed by atoms with Gasteiger partial charge in [0.2, 0.25) is 0 Å². The fourth-order valence-electron chi connectivity index (χ4n) is 9.66. The van der Waals surface area contributed by atoms with Crippen LogP contribution in [0.5, 0.6) is 0 Å². The van der Waals surface area contributed by atoms with Gasteiger partial charge in [-0.05, 0) is 166 Å². The molecule has 4 rings (SSSR count). The molecule has 2 fully saturated rings. The third-order valence-corrected chi connectivity index (χ3v) is 12.2. The zero-order valence-electron chi connectivity index (χ0n) is 44.1. The lowest BCUT2D eigenvalue weighted by Gasteiger charge is -2.37. The van der Waals surface area contributed by atoms with E-state index in [4.69, 9.17) is 23.7 Å². The van der Waals surface area contributed by atoms with Gasteiger partial charge in [-0.25, -0.2) is 0 Å². The second kappa shape index (κ2) is 23.3. The highest BCUT2D eigenvalue weighted by molar-refractivity contribution is 5.79. The lowest BCUT2D eigenvalue weighted by Crippen LogP contribution is -2.53. The number of esters is 5. The SMILES string of the molecule is CC(C)(C)OC(=O)CN(CCN(CC(=O)OC(C)(C)C)[C@@H](CC1=CNC2CCCCC12)C(=O)OC(C)(C)C)CCN(CC(=O)OC(C)(C)C)[C@@H](CC1=CNC2CCCCC12)C(=O)OC(C)(C)C. The predicted molar refractivity (Wildman–Crippen MR) is 260 cm³/mol. The minimum atomic E-state index is -0.846. The number of hydrogen-bond donors (Lipinski definition) is 2. The Balaban J connectivity index is 1.73. The van der Waals surface area contributed by atoms with Gasteiger partial charge in [-0.1, -0.05) is 25.7 Å². The summed E-state index contributed by atoms with van der Waals surface area (Å²) in [7, 11) is 0. The maximum absolute atomic E-state index is 14.4. The van der Waals surface area contributed by atoms with Crippen molar-refractivity contribution < 1.29 is 47.7 Å². The number of ether oxygens (including phenoxy) is 5. The maximum atomic E-state index is 14.4. The third kappa shape index (κ3) is 19.7. The standard InChI is InChI=1S/C52H89N5O10/c1-48(2,3)63-43(58)32-55(24-26-56(33-44(59)64-49(4,5)6)41(46(61)66-51(10,11)12)28-35-30-53-39-22-18-16-20-37(35)39)25-27-57(34-45(60)65-50(7,8)9)42(47(62)67-52(13,14)15)29-36-31-54-40-23-19-17-21-38(36)40/h30-31,37-42,53-54H,16-29,32-34H2,1-15H3/t37?,38?,39?,40?,41-,42-/m0/s1. The molecule has 0 aromatic carbocycles. The maximum Gasteiger partial charge on any atom is 0.324 e. The van der Waals surface area contributed by atoms with Gasteiger partial charge in [0.25, 0.3) is 0 Å². The van der Waals surface area contributed by atoms with Crippen LogP contribution in [0.2, 0.25) is 0 Å². The van der Waals surface area contributed by atoms with Crippen LogP contribution in [0.4, 0.5) is 0 Å². The van der Waals surface area contributed by atoms with Crippen molar-refractivity contribution in [3.05, 3.63) is 23.5 Å². The van der Waals surface area contributed by atoms with Crippen LogP contribution in [0.1, 0.15) is 168 Å². The number of carbonyl (C=O) groups is 5. The average molecular weight is 944 g/mol. The van der Waals surface area contributed by atoms with Crippen molar-refractivity contribution in [2.45, 2.75) is 220 Å². The quantitative estimate of drug-likeness (QED) is 0.0929. The molecule has 0 spiro atoms. The van der Waals surface area contributed by atoms with Gasteiger partial charge >= 0.3 is 29.8 Å². The van der Waals surface area contributed by atoms with E-state index in [0.29, 0.717) is 24.9 Å². The van der Waals surface area contributed by atoms with Crippen molar-refractivity contribution in [3.63, 3.8) is 0 Å². The molecule has 2 N–H and O–H groups in total. The molecule has 67 heavy (non-hydrogen) atoms. The summed E-state index contributed by atoms with van der Waals surface area (Å²) < 4.78 is 29.7. The van der Waals surface area contributed by atoms with Gasteiger partial charge in [0.1, 0.15) is 40.1 Å². The van der Waals surface area contributed by atoms with Crippen molar-refractivity contribution in [2.75, 3.05) is 45.8 Å². The summed E-state index contributed by atoms with van der Waals surface area (Å²) in [6, 6.07) is -1.07. The van der Waals surface area contributed by atoms with Gasteiger partial charge in [0.15, 0.2) is 0 Å². The first kappa shape index (κ1) is 55.9. The van der Waals surface area contributed by atoms with E-state index in [1.807, 2.05) is 131 Å². The van der Waals surface area contributed by atoms with E-state index in [1.165, 1.54) is 0 Å². The number of hydrogen-bond acceptors (Lipinski definition) is 15. The van der Waals surface area contributed by atoms with Gasteiger partial charge in [0.05, 0.1) is 19.6 Å². The summed E-state index contributed by atoms with van der Waals surface area (Å²) in [5.41, 5.74) is -1.66. The highest BCUT2D eigenvalue weighted by Crippen LogP contribution is 2.38. The van der Waals surface area contributed by atoms with E-state index in [-0.39, 0.29) is 57.6 Å². The van der Waals surface area contributed by atoms with Crippen LogP contribution in [0, 0.1) is 11.8 Å². The Bertz CT molecular complexity index is 1650. The van der Waals surface area contributed by atoms with Gasteiger partial charge < -0.3 is 34.3 Å². The topological polar surface area (TPSA) is 165 Å². The number of nitrogens with one attached hydrogen (secondary N) is 2. The van der Waals surface area contributed by atoms with Crippen LogP contribution in [0.25, 0.3) is 0 Å². The number of nitrogens with zero attached hydrogens (tertiary/aromatic N) is 3. The lowest BCUT2D eigenvalue weighted by molar-refractivity contribution is -0.166. The molecule has 2 aliphatic carbocycles. The molecular weight excluding hydrogens is 855 g/mol. The molecule has 2 saturated carbocycles. The normalized spacial score (nSPS) is 22.1. The van der Waals surface area contributed by atoms with Gasteiger partial charge in [0, 0.05) is 50.1 Å². The molecule has 0 radical (unpaired) electrons. The summed E-state index contributed by atoms with van der Waals surface area (Å²) in [5, 5.41) is 7.12. The Morgan fingerprint density at radius 2 is 0.791 bits per heavy atom. The van der Waals surface area contributed by atoms with Crippen LogP contribution in [-0.4, -0.2) is 143 Å². The van der Waals surface area contributed by atoms with Crippen molar-refractivity contribution in [3.8, 4) is 0 Å². The zero-order chi connectivity index (χ0) is 50.1. The minimum absolute atomic E-state index is 0.135. The Morgan fingerprint density at radius 3 is 1.12 bits per heavy atom. The summed E-state index contributed by atoms with van der Waals surface area (Å²) in [5.74, 6) is -1.79. The molecule has 15 heteroatoms. The van der Waals surface area contributed by atoms with Crippen molar-refractivity contribution in [2.24, 2.45) is 11.8 Å². The third-order valence-electron chi connectivity index (χ3n) is 12.2. The molecule has 0 bridgehead atoms. The molecule has 2 aliphatic heterocycles. The van der Waals surface area contributed by atoms with Gasteiger partial charge in [-0.3, -0.25) is 38.7 Å². The molecule has 0 aromatic rings. The summed E-state index contributed by atoms with van der Waals surface area (Å²) in [6.45, 7) is 27.5. The second-order valence-corrected chi connectivity index (χ2v) is 24.2. The smallest absolute Gasteiger partial charge is 0.324 e. The predicted octanol–water partition coefficient (Wildman–Crippen LogP) is 7.21. The van der Waals surface area contributed by atoms with Gasteiger partial charge in [-0.2, -0.15) is 0 Å². The Kier molecular flexibility index (Phi) is 19.4. The van der Waals surface area contributed by atoms with Crippen molar-refractivity contribution in [1.82, 2.24) is 25.3 Å². The fourth-order valence-corrected chi connectivity index (χ4v) is 9.66. The van der Waals surface area contributed by atoms with Crippen LogP contribution in [0.3, 0.4) is 0 Å². The summed E-state index contributed by atoms with van der Waals surface area (Å²) in [6.07, 6.45) is 13.4. The average Bonchev–Trinajstić information content (AvgIpc) is 3.76. The Labute approximate surface area is 403 Å². The monoisotopic (exact) mass is 944 g/mol. The summed E-state index contributed by atoms with van der Waals surface area (Å²) in [4.78, 5) is 75.7. The molecule has 4 unspecified atom stereocenters. The second-order valence-electron chi connectivity index (χ2n) is 24.2. The first-order valence-corrected chi connectivity index (χ1v) is 25.1. The van der Waals surface area contributed by atoms with E-state index in [0.717, 1.165) is 62.5 Å². The van der Waals surface area contributed by atoms with Crippen LogP contribution in [0.15, 0.2) is 23.5 Å². The first-order chi connectivity index (χ1) is 30.8. The Morgan fingerprint density at radius 1 is 0.478 bits per heavy atom. The van der Waals surface area contributed by atoms with Crippen LogP contribution < -0.4 is 10.6 Å². The number of fused-ring (bicyclic) bond motifs is 2. The molecular formula is C52H89N5O10. The molecule has 6 atom stereocenters. The van der Waals surface area contributed by atoms with Crippen molar-refractivity contribution in [1.29, 1.82) is 0 Å². The molecule has 0 amide bonds. The molecule has 4 aliphatic rings. The van der Waals surface area contributed by atoms with Crippen LogP contribution in [-0.2, 0) is 47.7 Å². The molecule has 2 heterocycles. The largest absolute Gasteiger partial charge is 0.459 e. The number of rotatable bonds is 20. The highest BCUT2D eigenvalue weighted by Gasteiger charge is 2.41. The Hall–Kier alpha value is -3.69. The summed E-state index contributed by atoms with van der Waals surface area (Å²) >= 11 is 0. The molecule has 15 nitrogen and oxygen atoms in total. The molecule has 0 saturated heterocycles. The minimum Gasteiger partial charge on any atom is -0.459 e. The van der Waals surface area contributed by atoms with Crippen LogP contribution >= 0.6 is 0 Å². The highest BCUT2D eigenvalue weighted by atomic mass is 16.6. The van der Waals surface area contributed by atoms with Gasteiger partial charge in [-0.15, -0.1) is 0 Å². The van der Waals surface area contributed by atoms with E-state index in [1.54, 1.807) is 0 Å². The lowest BCUT2D eigenvalue weighted by atomic mass is 9.80.